The molecule has 1 aliphatic carbocycles. The summed E-state index contributed by atoms with van der Waals surface area (Å²) in [6, 6.07) is 3.89. The van der Waals surface area contributed by atoms with Gasteiger partial charge in [0, 0.05) is 6.04 Å². The second-order valence-corrected chi connectivity index (χ2v) is 4.60. The fourth-order valence-electron chi connectivity index (χ4n) is 1.82. The van der Waals surface area contributed by atoms with Gasteiger partial charge in [-0.1, -0.05) is 0 Å². The number of hydrogen-bond acceptors (Lipinski definition) is 2. The molecular weight excluding hydrogens is 271 g/mol. The lowest BCUT2D eigenvalue weighted by molar-refractivity contribution is -0.137. The number of carbonyl (C=O) groups excluding carboxylic acids is 1. The SMILES string of the molecule is N#Cc1cc(C(F)(F)F)ccc1NC(=O)NC1CCC1. The van der Waals surface area contributed by atoms with Crippen molar-refractivity contribution in [3.8, 4) is 6.07 Å². The van der Waals surface area contributed by atoms with Gasteiger partial charge in [-0.25, -0.2) is 4.79 Å². The Labute approximate surface area is 113 Å². The molecule has 20 heavy (non-hydrogen) atoms. The first kappa shape index (κ1) is 14.2. The second-order valence-electron chi connectivity index (χ2n) is 4.60. The molecule has 0 spiro atoms. The van der Waals surface area contributed by atoms with E-state index in [0.717, 1.165) is 37.5 Å². The summed E-state index contributed by atoms with van der Waals surface area (Å²) in [5, 5.41) is 14.0. The highest BCUT2D eigenvalue weighted by atomic mass is 19.4. The smallest absolute Gasteiger partial charge is 0.335 e. The van der Waals surface area contributed by atoms with E-state index in [-0.39, 0.29) is 17.3 Å². The molecule has 0 heterocycles. The summed E-state index contributed by atoms with van der Waals surface area (Å²) in [4.78, 5) is 11.6. The van der Waals surface area contributed by atoms with Crippen LogP contribution in [0.3, 0.4) is 0 Å². The Morgan fingerprint density at radius 1 is 1.35 bits per heavy atom. The number of benzene rings is 1. The Kier molecular flexibility index (Phi) is 3.84. The lowest BCUT2D eigenvalue weighted by Gasteiger charge is -2.26. The highest BCUT2D eigenvalue weighted by Gasteiger charge is 2.31. The van der Waals surface area contributed by atoms with Crippen LogP contribution < -0.4 is 10.6 Å². The van der Waals surface area contributed by atoms with Gasteiger partial charge in [-0.15, -0.1) is 0 Å². The summed E-state index contributed by atoms with van der Waals surface area (Å²) in [6.45, 7) is 0. The molecule has 1 aromatic carbocycles. The van der Waals surface area contributed by atoms with Gasteiger partial charge in [-0.3, -0.25) is 0 Å². The molecule has 2 amide bonds. The number of anilines is 1. The minimum Gasteiger partial charge on any atom is -0.335 e. The third-order valence-electron chi connectivity index (χ3n) is 3.16. The van der Waals surface area contributed by atoms with Gasteiger partial charge in [0.15, 0.2) is 0 Å². The average molecular weight is 283 g/mol. The maximum Gasteiger partial charge on any atom is 0.416 e. The van der Waals surface area contributed by atoms with E-state index in [9.17, 15) is 18.0 Å². The van der Waals surface area contributed by atoms with Crippen LogP contribution in [0.5, 0.6) is 0 Å². The van der Waals surface area contributed by atoms with Gasteiger partial charge in [0.1, 0.15) is 6.07 Å². The number of halogens is 3. The van der Waals surface area contributed by atoms with Crippen LogP contribution in [0.15, 0.2) is 18.2 Å². The van der Waals surface area contributed by atoms with Gasteiger partial charge in [-0.05, 0) is 37.5 Å². The highest BCUT2D eigenvalue weighted by Crippen LogP contribution is 2.31. The third-order valence-corrected chi connectivity index (χ3v) is 3.16. The first-order valence-corrected chi connectivity index (χ1v) is 6.09. The fraction of sp³-hybridized carbons (Fsp3) is 0.385. The monoisotopic (exact) mass is 283 g/mol. The van der Waals surface area contributed by atoms with Crippen LogP contribution >= 0.6 is 0 Å². The van der Waals surface area contributed by atoms with Crippen molar-refractivity contribution in [3.63, 3.8) is 0 Å². The van der Waals surface area contributed by atoms with Crippen LogP contribution in [-0.2, 0) is 6.18 Å². The van der Waals surface area contributed by atoms with Crippen molar-refractivity contribution >= 4 is 11.7 Å². The molecule has 1 aliphatic rings. The first-order valence-electron chi connectivity index (χ1n) is 6.09. The summed E-state index contributed by atoms with van der Waals surface area (Å²) >= 11 is 0. The normalized spacial score (nSPS) is 15.1. The Morgan fingerprint density at radius 2 is 2.05 bits per heavy atom. The molecule has 0 atom stereocenters. The minimum atomic E-state index is -4.52. The fourth-order valence-corrected chi connectivity index (χ4v) is 1.82. The van der Waals surface area contributed by atoms with Crippen LogP contribution in [0.25, 0.3) is 0 Å². The van der Waals surface area contributed by atoms with E-state index in [1.165, 1.54) is 0 Å². The molecule has 0 aromatic heterocycles. The van der Waals surface area contributed by atoms with E-state index in [4.69, 9.17) is 5.26 Å². The molecule has 0 saturated heterocycles. The van der Waals surface area contributed by atoms with Gasteiger partial charge < -0.3 is 10.6 Å². The minimum absolute atomic E-state index is 0.0670. The maximum absolute atomic E-state index is 12.5. The summed E-state index contributed by atoms with van der Waals surface area (Å²) < 4.78 is 37.5. The first-order chi connectivity index (χ1) is 9.40. The third kappa shape index (κ3) is 3.20. The van der Waals surface area contributed by atoms with Crippen molar-refractivity contribution in [1.29, 1.82) is 5.26 Å². The molecule has 1 fully saturated rings. The number of nitrogens with zero attached hydrogens (tertiary/aromatic N) is 1. The zero-order chi connectivity index (χ0) is 14.8. The van der Waals surface area contributed by atoms with E-state index < -0.39 is 17.8 Å². The number of nitriles is 1. The van der Waals surface area contributed by atoms with Gasteiger partial charge in [0.25, 0.3) is 0 Å². The van der Waals surface area contributed by atoms with Crippen molar-refractivity contribution in [2.75, 3.05) is 5.32 Å². The molecular formula is C13H12F3N3O. The Bertz CT molecular complexity index is 559. The molecule has 0 bridgehead atoms. The number of amides is 2. The lowest BCUT2D eigenvalue weighted by Crippen LogP contribution is -2.41. The summed E-state index contributed by atoms with van der Waals surface area (Å²) in [5.41, 5.74) is -1.07. The Hall–Kier alpha value is -2.23. The van der Waals surface area contributed by atoms with Crippen molar-refractivity contribution in [1.82, 2.24) is 5.32 Å². The second kappa shape index (κ2) is 5.41. The van der Waals surface area contributed by atoms with E-state index in [0.29, 0.717) is 0 Å². The average Bonchev–Trinajstić information content (AvgIpc) is 2.33. The van der Waals surface area contributed by atoms with Crippen LogP contribution in [0.4, 0.5) is 23.7 Å². The summed E-state index contributed by atoms with van der Waals surface area (Å²) in [5.74, 6) is 0. The standard InChI is InChI=1S/C13H12F3N3O/c14-13(15,16)9-4-5-11(8(6-9)7-17)19-12(20)18-10-2-1-3-10/h4-6,10H,1-3H2,(H2,18,19,20). The van der Waals surface area contributed by atoms with Crippen LogP contribution in [-0.4, -0.2) is 12.1 Å². The Morgan fingerprint density at radius 3 is 2.55 bits per heavy atom. The lowest BCUT2D eigenvalue weighted by atomic mass is 9.93. The topological polar surface area (TPSA) is 64.9 Å². The van der Waals surface area contributed by atoms with Crippen molar-refractivity contribution in [2.24, 2.45) is 0 Å². The molecule has 2 N–H and O–H groups in total. The number of carbonyl (C=O) groups is 1. The summed E-state index contributed by atoms with van der Waals surface area (Å²) in [6.07, 6.45) is -1.68. The number of alkyl halides is 3. The number of nitrogens with one attached hydrogen (secondary N) is 2. The number of rotatable bonds is 2. The molecule has 1 saturated carbocycles. The molecule has 7 heteroatoms. The molecule has 4 nitrogen and oxygen atoms in total. The molecule has 0 radical (unpaired) electrons. The molecule has 1 aromatic rings. The molecule has 0 aliphatic heterocycles. The quantitative estimate of drug-likeness (QED) is 0.875. The number of urea groups is 1. The summed E-state index contributed by atoms with van der Waals surface area (Å²) in [7, 11) is 0. The van der Waals surface area contributed by atoms with Crippen LogP contribution in [0, 0.1) is 11.3 Å². The van der Waals surface area contributed by atoms with Crippen LogP contribution in [0.1, 0.15) is 30.4 Å². The molecule has 2 rings (SSSR count). The van der Waals surface area contributed by atoms with Gasteiger partial charge in [0.05, 0.1) is 16.8 Å². The van der Waals surface area contributed by atoms with Gasteiger partial charge >= 0.3 is 12.2 Å². The highest BCUT2D eigenvalue weighted by molar-refractivity contribution is 5.91. The molecule has 106 valence electrons. The zero-order valence-electron chi connectivity index (χ0n) is 10.4. The van der Waals surface area contributed by atoms with E-state index in [1.807, 2.05) is 0 Å². The van der Waals surface area contributed by atoms with Crippen molar-refractivity contribution in [2.45, 2.75) is 31.5 Å². The molecule has 0 unspecified atom stereocenters. The van der Waals surface area contributed by atoms with E-state index >= 15 is 0 Å². The predicted molar refractivity (Wildman–Crippen MR) is 66.0 cm³/mol. The van der Waals surface area contributed by atoms with E-state index in [1.54, 1.807) is 6.07 Å². The predicted octanol–water partition coefficient (Wildman–Crippen LogP) is 3.25. The van der Waals surface area contributed by atoms with Crippen molar-refractivity contribution < 1.29 is 18.0 Å². The van der Waals surface area contributed by atoms with E-state index in [2.05, 4.69) is 10.6 Å². The maximum atomic E-state index is 12.5. The van der Waals surface area contributed by atoms with Gasteiger partial charge in [-0.2, -0.15) is 18.4 Å². The Balaban J connectivity index is 2.11. The number of hydrogen-bond donors (Lipinski definition) is 2. The van der Waals surface area contributed by atoms with Gasteiger partial charge in [0.2, 0.25) is 0 Å². The zero-order valence-corrected chi connectivity index (χ0v) is 10.4. The largest absolute Gasteiger partial charge is 0.416 e. The van der Waals surface area contributed by atoms with Crippen LogP contribution in [0.2, 0.25) is 0 Å². The van der Waals surface area contributed by atoms with Crippen molar-refractivity contribution in [3.05, 3.63) is 29.3 Å².